The second-order valence-corrected chi connectivity index (χ2v) is 6.31. The molecule has 2 heteroatoms. The zero-order chi connectivity index (χ0) is 13.1. The van der Waals surface area contributed by atoms with Crippen molar-refractivity contribution in [1.29, 1.82) is 0 Å². The van der Waals surface area contributed by atoms with E-state index in [-0.39, 0.29) is 0 Å². The van der Waals surface area contributed by atoms with Crippen LogP contribution in [0.5, 0.6) is 0 Å². The van der Waals surface area contributed by atoms with E-state index in [1.807, 2.05) is 0 Å². The monoisotopic (exact) mass is 460 g/mol. The van der Waals surface area contributed by atoms with Gasteiger partial charge in [-0.2, -0.15) is 0 Å². The summed E-state index contributed by atoms with van der Waals surface area (Å²) >= 11 is 4.82. The molecule has 0 amide bonds. The van der Waals surface area contributed by atoms with E-state index in [4.69, 9.17) is 0 Å². The molecular weight excluding hydrogens is 446 g/mol. The molecule has 92 valence electrons. The van der Waals surface area contributed by atoms with Gasteiger partial charge in [-0.25, -0.2) is 0 Å². The molecule has 0 fully saturated rings. The molecule has 0 bridgehead atoms. The summed E-state index contributed by atoms with van der Waals surface area (Å²) in [5, 5.41) is 2.65. The van der Waals surface area contributed by atoms with Crippen molar-refractivity contribution < 1.29 is 0 Å². The quantitative estimate of drug-likeness (QED) is 0.454. The third kappa shape index (κ3) is 2.64. The summed E-state index contributed by atoms with van der Waals surface area (Å²) in [6, 6.07) is 13.0. The molecule has 18 heavy (non-hydrogen) atoms. The van der Waals surface area contributed by atoms with Gasteiger partial charge in [-0.3, -0.25) is 0 Å². The Kier molecular flexibility index (Phi) is 4.84. The Labute approximate surface area is 135 Å². The van der Waals surface area contributed by atoms with Gasteiger partial charge in [0.1, 0.15) is 0 Å². The summed E-state index contributed by atoms with van der Waals surface area (Å²) in [5.41, 5.74) is 2.64. The van der Waals surface area contributed by atoms with Crippen LogP contribution in [0.25, 0.3) is 17.9 Å². The van der Waals surface area contributed by atoms with Gasteiger partial charge in [0.2, 0.25) is 0 Å². The molecule has 0 aliphatic rings. The third-order valence-electron chi connectivity index (χ3n) is 2.93. The van der Waals surface area contributed by atoms with Crippen LogP contribution < -0.4 is 0 Å². The lowest BCUT2D eigenvalue weighted by Crippen LogP contribution is -1.87. The van der Waals surface area contributed by atoms with Gasteiger partial charge >= 0.3 is 0 Å². The highest BCUT2D eigenvalue weighted by molar-refractivity contribution is 14.1. The molecule has 0 heterocycles. The molecule has 0 aliphatic carbocycles. The predicted molar refractivity (Wildman–Crippen MR) is 99.3 cm³/mol. The first-order valence-electron chi connectivity index (χ1n) is 5.85. The number of benzene rings is 2. The van der Waals surface area contributed by atoms with Gasteiger partial charge in [0.05, 0.1) is 0 Å². The Morgan fingerprint density at radius 1 is 0.833 bits per heavy atom. The van der Waals surface area contributed by atoms with Crippen molar-refractivity contribution in [3.05, 3.63) is 59.7 Å². The molecule has 2 aromatic rings. The second kappa shape index (κ2) is 6.19. The van der Waals surface area contributed by atoms with E-state index in [1.165, 1.54) is 29.1 Å². The van der Waals surface area contributed by atoms with Crippen molar-refractivity contribution in [1.82, 2.24) is 0 Å². The van der Waals surface area contributed by atoms with Crippen molar-refractivity contribution in [2.75, 3.05) is 0 Å². The first-order chi connectivity index (χ1) is 8.69. The van der Waals surface area contributed by atoms with Crippen LogP contribution >= 0.6 is 45.2 Å². The number of halogens is 2. The number of hydrogen-bond acceptors (Lipinski definition) is 0. The standard InChI is InChI=1S/C16H14I2/c1-3-14(17)12-9-5-7-11-8-6-10-13(16(11)12)15(18)4-2/h3-10H,1-2H3. The van der Waals surface area contributed by atoms with Gasteiger partial charge < -0.3 is 0 Å². The summed E-state index contributed by atoms with van der Waals surface area (Å²) in [7, 11) is 0. The lowest BCUT2D eigenvalue weighted by atomic mass is 9.98. The first kappa shape index (κ1) is 14.1. The highest BCUT2D eigenvalue weighted by atomic mass is 127. The minimum Gasteiger partial charge on any atom is -0.0736 e. The first-order valence-corrected chi connectivity index (χ1v) is 8.01. The molecule has 0 saturated carbocycles. The topological polar surface area (TPSA) is 0 Å². The molecule has 2 aromatic carbocycles. The smallest absolute Gasteiger partial charge is 0.0166 e. The van der Waals surface area contributed by atoms with Crippen LogP contribution in [0, 0.1) is 0 Å². The van der Waals surface area contributed by atoms with Gasteiger partial charge in [0.25, 0.3) is 0 Å². The summed E-state index contributed by atoms with van der Waals surface area (Å²) in [5.74, 6) is 0. The fraction of sp³-hybridized carbons (Fsp3) is 0.125. The fourth-order valence-electron chi connectivity index (χ4n) is 2.05. The maximum atomic E-state index is 2.41. The Balaban J connectivity index is 2.89. The molecule has 0 atom stereocenters. The van der Waals surface area contributed by atoms with E-state index in [0.717, 1.165) is 0 Å². The lowest BCUT2D eigenvalue weighted by Gasteiger charge is -2.11. The van der Waals surface area contributed by atoms with Crippen LogP contribution in [0.15, 0.2) is 48.6 Å². The van der Waals surface area contributed by atoms with E-state index in [1.54, 1.807) is 0 Å². The minimum atomic E-state index is 1.30. The van der Waals surface area contributed by atoms with Crippen molar-refractivity contribution in [2.45, 2.75) is 13.8 Å². The Bertz CT molecular complexity index is 584. The van der Waals surface area contributed by atoms with E-state index in [0.29, 0.717) is 0 Å². The molecule has 0 nitrogen and oxygen atoms in total. The third-order valence-corrected chi connectivity index (χ3v) is 5.33. The van der Waals surface area contributed by atoms with Crippen LogP contribution in [0.1, 0.15) is 25.0 Å². The van der Waals surface area contributed by atoms with E-state index in [9.17, 15) is 0 Å². The van der Waals surface area contributed by atoms with Crippen molar-refractivity contribution in [3.8, 4) is 0 Å². The molecule has 0 N–H and O–H groups in total. The van der Waals surface area contributed by atoms with Gasteiger partial charge in [0.15, 0.2) is 0 Å². The average molecular weight is 460 g/mol. The summed E-state index contributed by atoms with van der Waals surface area (Å²) in [6.45, 7) is 4.17. The number of rotatable bonds is 2. The maximum absolute atomic E-state index is 2.41. The molecule has 2 rings (SSSR count). The second-order valence-electron chi connectivity index (χ2n) is 3.98. The van der Waals surface area contributed by atoms with Crippen LogP contribution in [-0.4, -0.2) is 0 Å². The van der Waals surface area contributed by atoms with Crippen LogP contribution in [0.2, 0.25) is 0 Å². The van der Waals surface area contributed by atoms with E-state index in [2.05, 4.69) is 108 Å². The van der Waals surface area contributed by atoms with Gasteiger partial charge in [-0.1, -0.05) is 48.6 Å². The molecular formula is C16H14I2. The summed E-state index contributed by atoms with van der Waals surface area (Å²) in [6.07, 6.45) is 4.32. The van der Waals surface area contributed by atoms with Crippen molar-refractivity contribution in [2.24, 2.45) is 0 Å². The van der Waals surface area contributed by atoms with Crippen LogP contribution in [-0.2, 0) is 0 Å². The largest absolute Gasteiger partial charge is 0.0736 e. The number of allylic oxidation sites excluding steroid dienone is 2. The maximum Gasteiger partial charge on any atom is 0.0166 e. The van der Waals surface area contributed by atoms with Gasteiger partial charge in [0, 0.05) is 7.16 Å². The van der Waals surface area contributed by atoms with Crippen molar-refractivity contribution in [3.63, 3.8) is 0 Å². The van der Waals surface area contributed by atoms with E-state index < -0.39 is 0 Å². The van der Waals surface area contributed by atoms with E-state index >= 15 is 0 Å². The van der Waals surface area contributed by atoms with Crippen LogP contribution in [0.4, 0.5) is 0 Å². The summed E-state index contributed by atoms with van der Waals surface area (Å²) < 4.78 is 2.59. The molecule has 0 aromatic heterocycles. The SMILES string of the molecule is CC=C(I)c1cccc2cccc(C(I)=CC)c12. The summed E-state index contributed by atoms with van der Waals surface area (Å²) in [4.78, 5) is 0. The fourth-order valence-corrected chi connectivity index (χ4v) is 2.95. The normalized spacial score (nSPS) is 13.1. The highest BCUT2D eigenvalue weighted by Crippen LogP contribution is 2.36. The molecule has 0 spiro atoms. The molecule has 0 aliphatic heterocycles. The Morgan fingerprint density at radius 3 is 1.67 bits per heavy atom. The number of fused-ring (bicyclic) bond motifs is 1. The highest BCUT2D eigenvalue weighted by Gasteiger charge is 2.09. The number of hydrogen-bond donors (Lipinski definition) is 0. The van der Waals surface area contributed by atoms with Gasteiger partial charge in [-0.05, 0) is 80.9 Å². The van der Waals surface area contributed by atoms with Crippen molar-refractivity contribution >= 4 is 63.1 Å². The Morgan fingerprint density at radius 2 is 1.28 bits per heavy atom. The predicted octanol–water partition coefficient (Wildman–Crippen LogP) is 6.43. The molecule has 0 saturated heterocycles. The minimum absolute atomic E-state index is 1.30. The zero-order valence-corrected chi connectivity index (χ0v) is 14.7. The Hall–Kier alpha value is -0.360. The van der Waals surface area contributed by atoms with Crippen LogP contribution in [0.3, 0.4) is 0 Å². The lowest BCUT2D eigenvalue weighted by molar-refractivity contribution is 1.65. The average Bonchev–Trinajstić information content (AvgIpc) is 2.44. The zero-order valence-electron chi connectivity index (χ0n) is 10.4. The molecule has 0 radical (unpaired) electrons. The molecule has 0 unspecified atom stereocenters. The van der Waals surface area contributed by atoms with Gasteiger partial charge in [-0.15, -0.1) is 0 Å².